The fourth-order valence-electron chi connectivity index (χ4n) is 4.92. The number of piperidine rings is 1. The lowest BCUT2D eigenvalue weighted by atomic mass is 9.97. The molecule has 1 saturated heterocycles. The van der Waals surface area contributed by atoms with Crippen LogP contribution in [0.25, 0.3) is 0 Å². The molecule has 2 N–H and O–H groups in total. The van der Waals surface area contributed by atoms with Gasteiger partial charge in [0.2, 0.25) is 10.0 Å². The van der Waals surface area contributed by atoms with Gasteiger partial charge in [-0.3, -0.25) is 9.52 Å². The van der Waals surface area contributed by atoms with E-state index in [2.05, 4.69) is 9.62 Å². The minimum Gasteiger partial charge on any atom is -0.481 e. The lowest BCUT2D eigenvalue weighted by molar-refractivity contribution is -0.137. The molecule has 4 rings (SSSR count). The van der Waals surface area contributed by atoms with E-state index in [1.807, 2.05) is 17.0 Å². The Balaban J connectivity index is 1.59. The van der Waals surface area contributed by atoms with E-state index in [1.54, 1.807) is 6.07 Å². The number of hydrogen-bond donors (Lipinski definition) is 2. The highest BCUT2D eigenvalue weighted by atomic mass is 32.2. The van der Waals surface area contributed by atoms with E-state index in [-0.39, 0.29) is 5.75 Å². The molecule has 0 aliphatic carbocycles. The summed E-state index contributed by atoms with van der Waals surface area (Å²) >= 11 is 1.40. The van der Waals surface area contributed by atoms with Crippen molar-refractivity contribution in [3.63, 3.8) is 0 Å². The van der Waals surface area contributed by atoms with Crippen LogP contribution in [0.1, 0.15) is 30.4 Å². The summed E-state index contributed by atoms with van der Waals surface area (Å²) in [6.07, 6.45) is -0.234. The summed E-state index contributed by atoms with van der Waals surface area (Å²) < 4.78 is 67.2. The Hall–Kier alpha value is -2.60. The van der Waals surface area contributed by atoms with Crippen LogP contribution in [0.5, 0.6) is 0 Å². The molecule has 0 amide bonds. The fraction of sp³-hybridized carbons (Fsp3) is 0.480. The number of carboxylic acid groups (broad SMARTS) is 1. The van der Waals surface area contributed by atoms with Gasteiger partial charge in [0.1, 0.15) is 0 Å². The van der Waals surface area contributed by atoms with Gasteiger partial charge in [0.15, 0.2) is 0 Å². The van der Waals surface area contributed by atoms with E-state index in [9.17, 15) is 26.4 Å². The maximum atomic E-state index is 13.4. The molecule has 0 spiro atoms. The predicted octanol–water partition coefficient (Wildman–Crippen LogP) is 5.20. The van der Waals surface area contributed by atoms with Gasteiger partial charge < -0.3 is 14.9 Å². The minimum absolute atomic E-state index is 0.0776. The monoisotopic (exact) mass is 557 g/mol. The van der Waals surface area contributed by atoms with Crippen LogP contribution in [0.4, 0.5) is 35.9 Å². The number of alkyl halides is 3. The molecular formula is C25H30F3N3O4S2. The number of nitrogens with one attached hydrogen (secondary N) is 1. The summed E-state index contributed by atoms with van der Waals surface area (Å²) in [7, 11) is -3.61. The molecule has 7 nitrogen and oxygen atoms in total. The topological polar surface area (TPSA) is 90.0 Å². The summed E-state index contributed by atoms with van der Waals surface area (Å²) in [5, 5.41) is 8.84. The van der Waals surface area contributed by atoms with Crippen molar-refractivity contribution in [3.8, 4) is 0 Å². The molecule has 0 unspecified atom stereocenters. The second-order valence-electron chi connectivity index (χ2n) is 9.51. The Morgan fingerprint density at radius 1 is 1.11 bits per heavy atom. The van der Waals surface area contributed by atoms with Crippen LogP contribution in [0.3, 0.4) is 0 Å². The number of sulfonamides is 1. The lowest BCUT2D eigenvalue weighted by Crippen LogP contribution is -2.35. The van der Waals surface area contributed by atoms with Gasteiger partial charge in [0.25, 0.3) is 0 Å². The number of hydrogen-bond acceptors (Lipinski definition) is 6. The molecule has 2 aromatic rings. The Bertz CT molecular complexity index is 1250. The van der Waals surface area contributed by atoms with Crippen LogP contribution < -0.4 is 14.5 Å². The molecule has 2 heterocycles. The third-order valence-corrected chi connectivity index (χ3v) is 8.40. The number of carbonyl (C=O) groups is 1. The molecule has 0 aromatic heterocycles. The molecule has 1 fully saturated rings. The van der Waals surface area contributed by atoms with E-state index < -0.39 is 27.7 Å². The molecule has 2 aliphatic heterocycles. The van der Waals surface area contributed by atoms with Gasteiger partial charge in [0, 0.05) is 31.0 Å². The Kier molecular flexibility index (Phi) is 8.17. The molecule has 2 aliphatic rings. The maximum Gasteiger partial charge on any atom is 0.416 e. The summed E-state index contributed by atoms with van der Waals surface area (Å²) in [4.78, 5) is 14.7. The van der Waals surface area contributed by atoms with Crippen LogP contribution in [-0.4, -0.2) is 56.9 Å². The first kappa shape index (κ1) is 27.4. The van der Waals surface area contributed by atoms with Gasteiger partial charge in [-0.15, -0.1) is 11.8 Å². The molecule has 0 atom stereocenters. The number of nitrogens with zero attached hydrogens (tertiary/aromatic N) is 2. The summed E-state index contributed by atoms with van der Waals surface area (Å²) in [6.45, 7) is 1.90. The maximum absolute atomic E-state index is 13.4. The van der Waals surface area contributed by atoms with Crippen LogP contribution >= 0.6 is 11.8 Å². The van der Waals surface area contributed by atoms with Gasteiger partial charge >= 0.3 is 12.1 Å². The van der Waals surface area contributed by atoms with Crippen molar-refractivity contribution in [2.75, 3.05) is 51.9 Å². The highest BCUT2D eigenvalue weighted by Gasteiger charge is 2.32. The van der Waals surface area contributed by atoms with Crippen molar-refractivity contribution < 1.29 is 31.5 Å². The molecule has 0 bridgehead atoms. The number of aliphatic carboxylic acids is 1. The predicted molar refractivity (Wildman–Crippen MR) is 142 cm³/mol. The highest BCUT2D eigenvalue weighted by molar-refractivity contribution is 7.99. The second kappa shape index (κ2) is 11.0. The van der Waals surface area contributed by atoms with Crippen molar-refractivity contribution in [3.05, 3.63) is 47.5 Å². The van der Waals surface area contributed by atoms with Gasteiger partial charge in [0.05, 0.1) is 28.9 Å². The largest absolute Gasteiger partial charge is 0.481 e. The smallest absolute Gasteiger partial charge is 0.416 e. The van der Waals surface area contributed by atoms with Crippen molar-refractivity contribution in [1.82, 2.24) is 0 Å². The molecule has 37 heavy (non-hydrogen) atoms. The van der Waals surface area contributed by atoms with Crippen molar-refractivity contribution in [1.29, 1.82) is 0 Å². The standard InChI is InChI=1S/C25H30F3N3O4S2/c1-37(34,35)29-21-14-20(31-10-2-3-18-4-5-19(13-23(18)31)25(26,27)28)6-7-22(21)30-11-8-17(9-12-30)15-36-16-24(32)33/h4-7,13-14,17,29H,2-3,8-12,15-16H2,1H3,(H,32,33). The Morgan fingerprint density at radius 2 is 1.84 bits per heavy atom. The van der Waals surface area contributed by atoms with E-state index >= 15 is 0 Å². The molecule has 2 aromatic carbocycles. The van der Waals surface area contributed by atoms with Crippen LogP contribution in [0, 0.1) is 5.92 Å². The Labute approximate surface area is 219 Å². The van der Waals surface area contributed by atoms with E-state index in [0.717, 1.165) is 42.9 Å². The zero-order chi connectivity index (χ0) is 26.8. The number of rotatable bonds is 8. The van der Waals surface area contributed by atoms with E-state index in [1.165, 1.54) is 23.9 Å². The fourth-order valence-corrected chi connectivity index (χ4v) is 6.44. The second-order valence-corrected chi connectivity index (χ2v) is 12.3. The quantitative estimate of drug-likeness (QED) is 0.461. The number of carboxylic acids is 1. The number of benzene rings is 2. The van der Waals surface area contributed by atoms with E-state index in [0.29, 0.717) is 54.7 Å². The van der Waals surface area contributed by atoms with Gasteiger partial charge in [-0.2, -0.15) is 13.2 Å². The zero-order valence-corrected chi connectivity index (χ0v) is 22.1. The molecular weight excluding hydrogens is 527 g/mol. The number of anilines is 4. The minimum atomic E-state index is -4.46. The van der Waals surface area contributed by atoms with Gasteiger partial charge in [-0.25, -0.2) is 8.42 Å². The average molecular weight is 558 g/mol. The molecule has 202 valence electrons. The third kappa shape index (κ3) is 7.04. The summed E-state index contributed by atoms with van der Waals surface area (Å²) in [5.74, 6) is 0.402. The first-order valence-electron chi connectivity index (χ1n) is 12.0. The first-order chi connectivity index (χ1) is 17.4. The first-order valence-corrected chi connectivity index (χ1v) is 15.1. The number of fused-ring (bicyclic) bond motifs is 1. The Morgan fingerprint density at radius 3 is 2.49 bits per heavy atom. The molecule has 0 radical (unpaired) electrons. The van der Waals surface area contributed by atoms with Crippen molar-refractivity contribution in [2.24, 2.45) is 5.92 Å². The van der Waals surface area contributed by atoms with Crippen LogP contribution in [-0.2, 0) is 27.4 Å². The SMILES string of the molecule is CS(=O)(=O)Nc1cc(N2CCCc3ccc(C(F)(F)F)cc32)ccc1N1CCC(CSCC(=O)O)CC1. The summed E-state index contributed by atoms with van der Waals surface area (Å²) in [5.41, 5.74) is 2.32. The normalized spacial score (nSPS) is 17.0. The zero-order valence-electron chi connectivity index (χ0n) is 20.4. The van der Waals surface area contributed by atoms with Crippen molar-refractivity contribution >= 4 is 50.5 Å². The average Bonchev–Trinajstić information content (AvgIpc) is 2.82. The lowest BCUT2D eigenvalue weighted by Gasteiger charge is -2.36. The molecule has 12 heteroatoms. The number of halogens is 3. The number of aryl methyl sites for hydroxylation is 1. The third-order valence-electron chi connectivity index (χ3n) is 6.65. The number of thioether (sulfide) groups is 1. The van der Waals surface area contributed by atoms with Crippen LogP contribution in [0.15, 0.2) is 36.4 Å². The molecule has 0 saturated carbocycles. The van der Waals surface area contributed by atoms with E-state index in [4.69, 9.17) is 5.11 Å². The highest BCUT2D eigenvalue weighted by Crippen LogP contribution is 2.41. The van der Waals surface area contributed by atoms with Gasteiger partial charge in [-0.1, -0.05) is 6.07 Å². The van der Waals surface area contributed by atoms with Gasteiger partial charge in [-0.05, 0) is 73.2 Å². The van der Waals surface area contributed by atoms with Crippen molar-refractivity contribution in [2.45, 2.75) is 31.9 Å². The summed E-state index contributed by atoms with van der Waals surface area (Å²) in [6, 6.07) is 9.13. The van der Waals surface area contributed by atoms with Crippen LogP contribution in [0.2, 0.25) is 0 Å².